The summed E-state index contributed by atoms with van der Waals surface area (Å²) in [6.45, 7) is 8.54. The maximum absolute atomic E-state index is 13.2. The Balaban J connectivity index is 1.38. The number of aryl methyl sites for hydroxylation is 1. The highest BCUT2D eigenvalue weighted by Gasteiger charge is 2.24. The Morgan fingerprint density at radius 1 is 1.16 bits per heavy atom. The number of aromatic nitrogens is 1. The highest BCUT2D eigenvalue weighted by atomic mass is 16.3. The van der Waals surface area contributed by atoms with Crippen LogP contribution in [0.3, 0.4) is 0 Å². The fraction of sp³-hybridized carbons (Fsp3) is 0.423. The summed E-state index contributed by atoms with van der Waals surface area (Å²) in [4.78, 5) is 19.0. The molecule has 5 nitrogen and oxygen atoms in total. The summed E-state index contributed by atoms with van der Waals surface area (Å²) in [5, 5.41) is 14.5. The first-order valence-electron chi connectivity index (χ1n) is 11.2. The Labute approximate surface area is 184 Å². The summed E-state index contributed by atoms with van der Waals surface area (Å²) in [7, 11) is 0. The first-order chi connectivity index (χ1) is 14.8. The topological polar surface area (TPSA) is 68.4 Å². The summed E-state index contributed by atoms with van der Waals surface area (Å²) in [5.74, 6) is -0.0284. The third-order valence-corrected chi connectivity index (χ3v) is 6.40. The molecule has 164 valence electrons. The van der Waals surface area contributed by atoms with Gasteiger partial charge in [-0.05, 0) is 63.3 Å². The van der Waals surface area contributed by atoms with Crippen LogP contribution in [0, 0.1) is 6.92 Å². The average Bonchev–Trinajstić information content (AvgIpc) is 3.08. The molecule has 1 aliphatic rings. The molecule has 1 saturated heterocycles. The van der Waals surface area contributed by atoms with E-state index in [1.807, 2.05) is 25.1 Å². The lowest BCUT2D eigenvalue weighted by Crippen LogP contribution is -2.45. The number of carbonyl (C=O) groups excluding carboxylic acids is 1. The van der Waals surface area contributed by atoms with Crippen molar-refractivity contribution in [3.05, 3.63) is 70.9 Å². The highest BCUT2D eigenvalue weighted by molar-refractivity contribution is 6.08. The van der Waals surface area contributed by atoms with E-state index in [9.17, 15) is 9.90 Å². The normalized spacial score (nSPS) is 16.0. The molecule has 0 bridgehead atoms. The van der Waals surface area contributed by atoms with Crippen molar-refractivity contribution in [1.82, 2.24) is 15.2 Å². The number of benzene rings is 2. The van der Waals surface area contributed by atoms with Crippen LogP contribution in [0.25, 0.3) is 10.9 Å². The van der Waals surface area contributed by atoms with Crippen molar-refractivity contribution in [1.29, 1.82) is 0 Å². The van der Waals surface area contributed by atoms with E-state index in [2.05, 4.69) is 45.5 Å². The van der Waals surface area contributed by atoms with Crippen molar-refractivity contribution < 1.29 is 9.90 Å². The molecule has 3 N–H and O–H groups in total. The maximum atomic E-state index is 13.2. The van der Waals surface area contributed by atoms with Crippen LogP contribution in [0.1, 0.15) is 53.9 Å². The number of nitrogens with zero attached hydrogens (tertiary/aromatic N) is 1. The van der Waals surface area contributed by atoms with Gasteiger partial charge in [0.15, 0.2) is 0 Å². The zero-order chi connectivity index (χ0) is 22.0. The largest absolute Gasteiger partial charge is 0.386 e. The van der Waals surface area contributed by atoms with Crippen molar-refractivity contribution in [2.24, 2.45) is 0 Å². The van der Waals surface area contributed by atoms with Crippen LogP contribution in [0.4, 0.5) is 0 Å². The lowest BCUT2D eigenvalue weighted by molar-refractivity contribution is 0.0786. The van der Waals surface area contributed by atoms with Gasteiger partial charge in [0.2, 0.25) is 0 Å². The molecule has 0 aliphatic carbocycles. The lowest BCUT2D eigenvalue weighted by Gasteiger charge is -2.32. The van der Waals surface area contributed by atoms with Gasteiger partial charge in [-0.2, -0.15) is 0 Å². The van der Waals surface area contributed by atoms with Gasteiger partial charge < -0.3 is 20.3 Å². The molecule has 0 spiro atoms. The van der Waals surface area contributed by atoms with Crippen molar-refractivity contribution in [2.45, 2.75) is 51.7 Å². The number of hydrogen-bond acceptors (Lipinski definition) is 3. The number of hydrogen-bond donors (Lipinski definition) is 3. The van der Waals surface area contributed by atoms with Gasteiger partial charge in [0.25, 0.3) is 5.91 Å². The molecule has 4 rings (SSSR count). The number of likely N-dealkylation sites (tertiary alicyclic amines) is 1. The van der Waals surface area contributed by atoms with E-state index in [0.717, 1.165) is 61.1 Å². The first kappa shape index (κ1) is 21.6. The van der Waals surface area contributed by atoms with E-state index < -0.39 is 5.60 Å². The van der Waals surface area contributed by atoms with E-state index in [-0.39, 0.29) is 11.9 Å². The molecular formula is C26H33N3O2. The SMILES string of the molecule is Cc1[nH]c2ccc(C(C)(C)O)cc2c1C(=O)NC1CCN(CCc2ccccc2)CC1. The zero-order valence-electron chi connectivity index (χ0n) is 18.7. The van der Waals surface area contributed by atoms with Gasteiger partial charge in [-0.3, -0.25) is 4.79 Å². The number of H-pyrrole nitrogens is 1. The predicted molar refractivity (Wildman–Crippen MR) is 125 cm³/mol. The Kier molecular flexibility index (Phi) is 6.17. The monoisotopic (exact) mass is 419 g/mol. The molecule has 1 fully saturated rings. The number of rotatable bonds is 6. The van der Waals surface area contributed by atoms with Crippen molar-refractivity contribution in [3.63, 3.8) is 0 Å². The van der Waals surface area contributed by atoms with Gasteiger partial charge >= 0.3 is 0 Å². The second kappa shape index (κ2) is 8.85. The minimum absolute atomic E-state index is 0.0284. The van der Waals surface area contributed by atoms with E-state index in [4.69, 9.17) is 0 Å². The minimum Gasteiger partial charge on any atom is -0.386 e. The summed E-state index contributed by atoms with van der Waals surface area (Å²) in [6, 6.07) is 16.6. The van der Waals surface area contributed by atoms with Gasteiger partial charge in [-0.1, -0.05) is 36.4 Å². The van der Waals surface area contributed by atoms with Crippen LogP contribution < -0.4 is 5.32 Å². The zero-order valence-corrected chi connectivity index (χ0v) is 18.7. The van der Waals surface area contributed by atoms with Crippen LogP contribution in [0.15, 0.2) is 48.5 Å². The summed E-state index contributed by atoms with van der Waals surface area (Å²) >= 11 is 0. The van der Waals surface area contributed by atoms with Crippen molar-refractivity contribution in [2.75, 3.05) is 19.6 Å². The fourth-order valence-corrected chi connectivity index (χ4v) is 4.49. The van der Waals surface area contributed by atoms with Crippen LogP contribution in [-0.4, -0.2) is 46.6 Å². The molecule has 0 radical (unpaired) electrons. The maximum Gasteiger partial charge on any atom is 0.253 e. The second-order valence-electron chi connectivity index (χ2n) is 9.27. The molecule has 3 aromatic rings. The molecular weight excluding hydrogens is 386 g/mol. The number of amides is 1. The Morgan fingerprint density at radius 3 is 2.55 bits per heavy atom. The predicted octanol–water partition coefficient (Wildman–Crippen LogP) is 4.14. The lowest BCUT2D eigenvalue weighted by atomic mass is 9.96. The highest BCUT2D eigenvalue weighted by Crippen LogP contribution is 2.28. The van der Waals surface area contributed by atoms with E-state index in [1.165, 1.54) is 5.56 Å². The van der Waals surface area contributed by atoms with Crippen LogP contribution >= 0.6 is 0 Å². The van der Waals surface area contributed by atoms with E-state index in [0.29, 0.717) is 5.56 Å². The number of aliphatic hydroxyl groups is 1. The molecule has 1 amide bonds. The standard InChI is InChI=1S/C26H33N3O2/c1-18-24(22-17-20(26(2,3)31)9-10-23(22)27-18)25(30)28-21-12-15-29(16-13-21)14-11-19-7-5-4-6-8-19/h4-10,17,21,27,31H,11-16H2,1-3H3,(H,28,30). The van der Waals surface area contributed by atoms with Gasteiger partial charge in [0.1, 0.15) is 0 Å². The fourth-order valence-electron chi connectivity index (χ4n) is 4.49. The quantitative estimate of drug-likeness (QED) is 0.562. The smallest absolute Gasteiger partial charge is 0.253 e. The number of fused-ring (bicyclic) bond motifs is 1. The van der Waals surface area contributed by atoms with E-state index in [1.54, 1.807) is 13.8 Å². The minimum atomic E-state index is -0.945. The molecule has 0 saturated carbocycles. The van der Waals surface area contributed by atoms with Gasteiger partial charge in [0, 0.05) is 42.3 Å². The number of carbonyl (C=O) groups is 1. The molecule has 2 aromatic carbocycles. The Hall–Kier alpha value is -2.63. The number of nitrogens with one attached hydrogen (secondary N) is 2. The third kappa shape index (κ3) is 5.00. The summed E-state index contributed by atoms with van der Waals surface area (Å²) in [5.41, 5.74) is 3.71. The number of aromatic amines is 1. The molecule has 5 heteroatoms. The average molecular weight is 420 g/mol. The molecule has 31 heavy (non-hydrogen) atoms. The van der Waals surface area contributed by atoms with Crippen LogP contribution in [0.2, 0.25) is 0 Å². The molecule has 1 aliphatic heterocycles. The second-order valence-corrected chi connectivity index (χ2v) is 9.27. The summed E-state index contributed by atoms with van der Waals surface area (Å²) < 4.78 is 0. The van der Waals surface area contributed by atoms with E-state index >= 15 is 0 Å². The van der Waals surface area contributed by atoms with Gasteiger partial charge in [0.05, 0.1) is 11.2 Å². The number of piperidine rings is 1. The molecule has 0 unspecified atom stereocenters. The Bertz CT molecular complexity index is 1040. The molecule has 1 aromatic heterocycles. The first-order valence-corrected chi connectivity index (χ1v) is 11.2. The third-order valence-electron chi connectivity index (χ3n) is 6.40. The molecule has 0 atom stereocenters. The Morgan fingerprint density at radius 2 is 1.87 bits per heavy atom. The van der Waals surface area contributed by atoms with Crippen LogP contribution in [-0.2, 0) is 12.0 Å². The van der Waals surface area contributed by atoms with Gasteiger partial charge in [-0.15, -0.1) is 0 Å². The van der Waals surface area contributed by atoms with Crippen molar-refractivity contribution >= 4 is 16.8 Å². The molecule has 2 heterocycles. The van der Waals surface area contributed by atoms with Crippen molar-refractivity contribution in [3.8, 4) is 0 Å². The summed E-state index contributed by atoms with van der Waals surface area (Å²) in [6.07, 6.45) is 3.00. The van der Waals surface area contributed by atoms with Crippen LogP contribution in [0.5, 0.6) is 0 Å². The van der Waals surface area contributed by atoms with Gasteiger partial charge in [-0.25, -0.2) is 0 Å².